The second-order valence-electron chi connectivity index (χ2n) is 10.4. The normalized spacial score (nSPS) is 16.0. The highest BCUT2D eigenvalue weighted by Crippen LogP contribution is 2.46. The summed E-state index contributed by atoms with van der Waals surface area (Å²) in [7, 11) is 0. The summed E-state index contributed by atoms with van der Waals surface area (Å²) in [5.41, 5.74) is 3.44. The fourth-order valence-electron chi connectivity index (χ4n) is 4.33. The third-order valence-electron chi connectivity index (χ3n) is 6.65. The van der Waals surface area contributed by atoms with E-state index in [2.05, 4.69) is 45.5 Å². The van der Waals surface area contributed by atoms with E-state index in [-0.39, 0.29) is 28.8 Å². The van der Waals surface area contributed by atoms with Gasteiger partial charge >= 0.3 is 11.9 Å². The maximum atomic E-state index is 13.4. The number of fused-ring (bicyclic) bond motifs is 1. The van der Waals surface area contributed by atoms with Gasteiger partial charge in [-0.1, -0.05) is 64.6 Å². The first-order chi connectivity index (χ1) is 17.0. The van der Waals surface area contributed by atoms with Gasteiger partial charge in [-0.3, -0.25) is 10.0 Å². The maximum Gasteiger partial charge on any atom is 0.338 e. The third kappa shape index (κ3) is 5.85. The molecule has 0 heterocycles. The largest absolute Gasteiger partial charge is 0.458 e. The van der Waals surface area contributed by atoms with Crippen molar-refractivity contribution < 1.29 is 24.4 Å². The van der Waals surface area contributed by atoms with Crippen LogP contribution in [0.3, 0.4) is 0 Å². The van der Waals surface area contributed by atoms with Crippen LogP contribution in [0.4, 0.5) is 5.69 Å². The first-order valence-electron chi connectivity index (χ1n) is 12.3. The lowest BCUT2D eigenvalue weighted by atomic mass is 9.63. The van der Waals surface area contributed by atoms with Gasteiger partial charge in [-0.25, -0.2) is 4.79 Å². The monoisotopic (exact) mass is 492 g/mol. The number of hydroxylamine groups is 1. The zero-order valence-electron chi connectivity index (χ0n) is 21.8. The summed E-state index contributed by atoms with van der Waals surface area (Å²) in [6, 6.07) is 11.8. The number of nitrogens with zero attached hydrogens (tertiary/aromatic N) is 2. The summed E-state index contributed by atoms with van der Waals surface area (Å²) in [6.07, 6.45) is 4.30. The number of rotatable bonds is 9. The highest BCUT2D eigenvalue weighted by molar-refractivity contribution is 6.48. The predicted molar refractivity (Wildman–Crippen MR) is 141 cm³/mol. The van der Waals surface area contributed by atoms with Gasteiger partial charge in [0.25, 0.3) is 0 Å². The molecule has 3 rings (SSSR count). The molecule has 0 atom stereocenters. The smallest absolute Gasteiger partial charge is 0.338 e. The van der Waals surface area contributed by atoms with Gasteiger partial charge in [0, 0.05) is 5.56 Å². The molecular formula is C29H36N2O5. The molecule has 1 aliphatic rings. The molecule has 2 aromatic rings. The number of ether oxygens (including phenoxy) is 1. The van der Waals surface area contributed by atoms with Crippen molar-refractivity contribution in [3.8, 4) is 0 Å². The first kappa shape index (κ1) is 27.1. The molecule has 0 saturated heterocycles. The Morgan fingerprint density at radius 1 is 1.03 bits per heavy atom. The van der Waals surface area contributed by atoms with Crippen molar-refractivity contribution in [3.05, 3.63) is 77.4 Å². The van der Waals surface area contributed by atoms with E-state index in [1.165, 1.54) is 41.5 Å². The summed E-state index contributed by atoms with van der Waals surface area (Å²) in [5, 5.41) is 15.4. The van der Waals surface area contributed by atoms with E-state index in [1.54, 1.807) is 0 Å². The van der Waals surface area contributed by atoms with E-state index in [0.717, 1.165) is 19.3 Å². The van der Waals surface area contributed by atoms with Crippen LogP contribution in [0.1, 0.15) is 80.9 Å². The highest BCUT2D eigenvalue weighted by atomic mass is 16.6. The van der Waals surface area contributed by atoms with Gasteiger partial charge in [0.05, 0.1) is 11.3 Å². The van der Waals surface area contributed by atoms with E-state index in [9.17, 15) is 14.8 Å². The van der Waals surface area contributed by atoms with Crippen LogP contribution in [0.15, 0.2) is 60.3 Å². The van der Waals surface area contributed by atoms with Crippen LogP contribution in [0, 0.1) is 0 Å². The van der Waals surface area contributed by atoms with E-state index < -0.39 is 11.9 Å². The summed E-state index contributed by atoms with van der Waals surface area (Å²) in [6.45, 7) is 14.8. The molecule has 36 heavy (non-hydrogen) atoms. The van der Waals surface area contributed by atoms with Crippen LogP contribution >= 0.6 is 0 Å². The van der Waals surface area contributed by atoms with Gasteiger partial charge in [0.15, 0.2) is 5.71 Å². The molecule has 7 heteroatoms. The molecule has 2 aromatic carbocycles. The number of hydrogen-bond acceptors (Lipinski definition) is 6. The molecule has 0 aliphatic heterocycles. The minimum Gasteiger partial charge on any atom is -0.458 e. The van der Waals surface area contributed by atoms with E-state index in [4.69, 9.17) is 9.57 Å². The highest BCUT2D eigenvalue weighted by Gasteiger charge is 2.37. The van der Waals surface area contributed by atoms with Crippen LogP contribution in [0.2, 0.25) is 0 Å². The molecule has 1 amide bonds. The second kappa shape index (κ2) is 11.1. The Hall–Kier alpha value is -3.45. The van der Waals surface area contributed by atoms with Crippen LogP contribution in [-0.4, -0.2) is 36.0 Å². The topological polar surface area (TPSA) is 88.4 Å². The standard InChI is InChI=1S/C29H36N2O5/c1-7-17-35-27(33)20-9-12-22(13-10-20)31(34)26(32)25(30-36-18-8-2)21-11-14-23-24(19-21)29(5,6)16-15-28(23,3)4/h7,9-14,19,34H,1,8,15-18H2,2-6H3/b30-25+. The number of carbonyl (C=O) groups excluding carboxylic acids is 2. The number of anilines is 1. The van der Waals surface area contributed by atoms with Gasteiger partial charge in [-0.2, -0.15) is 5.06 Å². The van der Waals surface area contributed by atoms with Crippen molar-refractivity contribution in [2.24, 2.45) is 5.16 Å². The quantitative estimate of drug-likeness (QED) is 0.117. The molecule has 1 aliphatic carbocycles. The predicted octanol–water partition coefficient (Wildman–Crippen LogP) is 5.93. The fourth-order valence-corrected chi connectivity index (χ4v) is 4.33. The van der Waals surface area contributed by atoms with E-state index >= 15 is 0 Å². The second-order valence-corrected chi connectivity index (χ2v) is 10.4. The Balaban J connectivity index is 1.95. The van der Waals surface area contributed by atoms with E-state index in [1.807, 2.05) is 19.1 Å². The van der Waals surface area contributed by atoms with E-state index in [0.29, 0.717) is 22.8 Å². The lowest BCUT2D eigenvalue weighted by molar-refractivity contribution is -0.117. The lowest BCUT2D eigenvalue weighted by Crippen LogP contribution is -2.36. The van der Waals surface area contributed by atoms with Gasteiger partial charge in [0.2, 0.25) is 0 Å². The minimum absolute atomic E-state index is 0.00222. The number of hydrogen-bond donors (Lipinski definition) is 1. The molecule has 0 radical (unpaired) electrons. The molecular weight excluding hydrogens is 456 g/mol. The van der Waals surface area contributed by atoms with Gasteiger partial charge in [-0.05, 0) is 71.6 Å². The third-order valence-corrected chi connectivity index (χ3v) is 6.65. The average Bonchev–Trinajstić information content (AvgIpc) is 2.87. The van der Waals surface area contributed by atoms with Crippen LogP contribution < -0.4 is 5.06 Å². The molecule has 0 fully saturated rings. The zero-order chi connectivity index (χ0) is 26.5. The fraction of sp³-hybridized carbons (Fsp3) is 0.414. The molecule has 0 spiro atoms. The van der Waals surface area contributed by atoms with Crippen LogP contribution in [0.5, 0.6) is 0 Å². The Morgan fingerprint density at radius 2 is 1.64 bits per heavy atom. The number of benzene rings is 2. The van der Waals surface area contributed by atoms with Crippen molar-refractivity contribution >= 4 is 23.3 Å². The van der Waals surface area contributed by atoms with Crippen molar-refractivity contribution in [3.63, 3.8) is 0 Å². The lowest BCUT2D eigenvalue weighted by Gasteiger charge is -2.42. The minimum atomic E-state index is -0.735. The Bertz CT molecular complexity index is 1150. The molecule has 192 valence electrons. The Kier molecular flexibility index (Phi) is 8.35. The van der Waals surface area contributed by atoms with Gasteiger partial charge in [-0.15, -0.1) is 0 Å². The van der Waals surface area contributed by atoms with Gasteiger partial charge in [0.1, 0.15) is 13.2 Å². The summed E-state index contributed by atoms with van der Waals surface area (Å²) in [4.78, 5) is 30.8. The number of amides is 1. The molecule has 0 unspecified atom stereocenters. The molecule has 0 bridgehead atoms. The number of oxime groups is 1. The molecule has 0 aromatic heterocycles. The summed E-state index contributed by atoms with van der Waals surface area (Å²) in [5.74, 6) is -1.26. The van der Waals surface area contributed by atoms with Crippen molar-refractivity contribution in [2.75, 3.05) is 18.3 Å². The van der Waals surface area contributed by atoms with Crippen molar-refractivity contribution in [1.82, 2.24) is 0 Å². The SMILES string of the molecule is C=CCOC(=O)c1ccc(N(O)C(=O)/C(=N/OCCC)c2ccc3c(c2)C(C)(C)CCC3(C)C)cc1. The zero-order valence-corrected chi connectivity index (χ0v) is 21.8. The van der Waals surface area contributed by atoms with Crippen LogP contribution in [0.25, 0.3) is 0 Å². The average molecular weight is 493 g/mol. The van der Waals surface area contributed by atoms with Crippen molar-refractivity contribution in [1.29, 1.82) is 0 Å². The molecule has 1 N–H and O–H groups in total. The van der Waals surface area contributed by atoms with Crippen molar-refractivity contribution in [2.45, 2.75) is 64.7 Å². The summed E-state index contributed by atoms with van der Waals surface area (Å²) < 4.78 is 5.02. The Morgan fingerprint density at radius 3 is 2.25 bits per heavy atom. The number of carbonyl (C=O) groups is 2. The number of esters is 1. The summed E-state index contributed by atoms with van der Waals surface area (Å²) >= 11 is 0. The van der Waals surface area contributed by atoms with Gasteiger partial charge < -0.3 is 9.57 Å². The maximum absolute atomic E-state index is 13.4. The van der Waals surface area contributed by atoms with Crippen LogP contribution in [-0.2, 0) is 25.2 Å². The first-order valence-corrected chi connectivity index (χ1v) is 12.3. The molecule has 7 nitrogen and oxygen atoms in total. The Labute approximate surface area is 213 Å². The molecule has 0 saturated carbocycles.